The van der Waals surface area contributed by atoms with E-state index in [2.05, 4.69) is 35.3 Å². The third-order valence-corrected chi connectivity index (χ3v) is 9.21. The minimum absolute atomic E-state index is 0.184. The number of nitrogens with zero attached hydrogens (tertiary/aromatic N) is 4. The molecule has 0 radical (unpaired) electrons. The van der Waals surface area contributed by atoms with Crippen LogP contribution in [-0.2, 0) is 24.4 Å². The predicted molar refractivity (Wildman–Crippen MR) is 185 cm³/mol. The van der Waals surface area contributed by atoms with Gasteiger partial charge in [-0.15, -0.1) is 11.8 Å². The smallest absolute Gasteiger partial charge is 0.309 e. The summed E-state index contributed by atoms with van der Waals surface area (Å²) in [5.74, 6) is -1.03. The molecule has 6 aromatic rings. The summed E-state index contributed by atoms with van der Waals surface area (Å²) in [4.78, 5) is 27.0. The van der Waals surface area contributed by atoms with E-state index in [1.165, 1.54) is 24.4 Å². The maximum Gasteiger partial charge on any atom is 0.309 e. The van der Waals surface area contributed by atoms with Crippen LogP contribution in [0.2, 0.25) is 0 Å². The molecule has 2 aromatic carbocycles. The van der Waals surface area contributed by atoms with Crippen LogP contribution in [0, 0.1) is 17.0 Å². The Labute approximate surface area is 282 Å². The number of hydrogen-bond donors (Lipinski definition) is 1. The highest BCUT2D eigenvalue weighted by Gasteiger charge is 2.33. The number of carbonyl (C=O) groups is 1. The molecular weight excluding hydrogens is 631 g/mol. The zero-order chi connectivity index (χ0) is 34.2. The van der Waals surface area contributed by atoms with Gasteiger partial charge in [-0.3, -0.25) is 9.78 Å². The van der Waals surface area contributed by atoms with E-state index in [0.717, 1.165) is 32.7 Å². The van der Waals surface area contributed by atoms with Crippen LogP contribution in [0.5, 0.6) is 5.75 Å². The molecule has 0 aliphatic rings. The number of rotatable bonds is 10. The van der Waals surface area contributed by atoms with Crippen molar-refractivity contribution in [2.45, 2.75) is 63.8 Å². The summed E-state index contributed by atoms with van der Waals surface area (Å²) in [6, 6.07) is 21.0. The second-order valence-electron chi connectivity index (χ2n) is 13.5. The number of fused-ring (bicyclic) bond motifs is 2. The second kappa shape index (κ2) is 13.0. The highest BCUT2D eigenvalue weighted by Crippen LogP contribution is 2.43. The summed E-state index contributed by atoms with van der Waals surface area (Å²) >= 11 is 1.68. The average Bonchev–Trinajstić information content (AvgIpc) is 3.29. The third kappa shape index (κ3) is 7.33. The van der Waals surface area contributed by atoms with Gasteiger partial charge in [0.1, 0.15) is 29.6 Å². The molecule has 0 spiro atoms. The molecule has 0 fully saturated rings. The number of pyridine rings is 3. The maximum atomic E-state index is 13.6. The largest absolute Gasteiger partial charge is 0.486 e. The van der Waals surface area contributed by atoms with Crippen molar-refractivity contribution < 1.29 is 23.4 Å². The molecule has 0 atom stereocenters. The molecule has 48 heavy (non-hydrogen) atoms. The molecule has 1 N–H and O–H groups in total. The fourth-order valence-electron chi connectivity index (χ4n) is 5.45. The van der Waals surface area contributed by atoms with Gasteiger partial charge >= 0.3 is 5.97 Å². The number of hydrogen-bond acceptors (Lipinski definition) is 6. The summed E-state index contributed by atoms with van der Waals surface area (Å²) in [5.41, 5.74) is 4.46. The maximum absolute atomic E-state index is 13.6. The second-order valence-corrected chi connectivity index (χ2v) is 15.3. The van der Waals surface area contributed by atoms with Gasteiger partial charge in [0.25, 0.3) is 0 Å². The minimum atomic E-state index is -1.04. The van der Waals surface area contributed by atoms with Crippen molar-refractivity contribution >= 4 is 39.7 Å². The van der Waals surface area contributed by atoms with Crippen LogP contribution in [-0.4, -0.2) is 35.3 Å². The lowest BCUT2D eigenvalue weighted by atomic mass is 9.88. The van der Waals surface area contributed by atoms with E-state index in [1.54, 1.807) is 43.9 Å². The number of carboxylic acids is 1. The van der Waals surface area contributed by atoms with Crippen molar-refractivity contribution in [2.75, 3.05) is 0 Å². The van der Waals surface area contributed by atoms with Crippen molar-refractivity contribution in [1.82, 2.24) is 19.5 Å². The number of aromatic nitrogens is 4. The van der Waals surface area contributed by atoms with E-state index in [-0.39, 0.29) is 29.4 Å². The Bertz CT molecular complexity index is 2120. The fraction of sp³-hybridized carbons (Fsp3) is 0.263. The lowest BCUT2D eigenvalue weighted by Gasteiger charge is -2.24. The SMILES string of the molecule is CC(C)(C)Sc1c(CC(C)(C)C(=O)O)n(Cc2ccc(-c3ccc(F)cn3)cc2)c2ncc(OCc3ccc4cc(F)ccc4n3)cc12. The van der Waals surface area contributed by atoms with E-state index in [9.17, 15) is 18.7 Å². The molecule has 4 heterocycles. The van der Waals surface area contributed by atoms with E-state index in [1.807, 2.05) is 42.5 Å². The zero-order valence-electron chi connectivity index (χ0n) is 27.4. The predicted octanol–water partition coefficient (Wildman–Crippen LogP) is 9.10. The van der Waals surface area contributed by atoms with Gasteiger partial charge in [0, 0.05) is 44.6 Å². The lowest BCUT2D eigenvalue weighted by Crippen LogP contribution is -2.28. The molecule has 0 bridgehead atoms. The van der Waals surface area contributed by atoms with Crippen molar-refractivity contribution in [3.05, 3.63) is 114 Å². The van der Waals surface area contributed by atoms with Gasteiger partial charge in [0.05, 0.1) is 34.7 Å². The van der Waals surface area contributed by atoms with E-state index < -0.39 is 11.4 Å². The van der Waals surface area contributed by atoms with Crippen molar-refractivity contribution in [3.8, 4) is 17.0 Å². The number of thioether (sulfide) groups is 1. The van der Waals surface area contributed by atoms with Gasteiger partial charge < -0.3 is 14.4 Å². The van der Waals surface area contributed by atoms with Gasteiger partial charge in [-0.1, -0.05) is 51.1 Å². The molecule has 246 valence electrons. The van der Waals surface area contributed by atoms with Gasteiger partial charge in [-0.05, 0) is 61.9 Å². The first-order valence-corrected chi connectivity index (χ1v) is 16.4. The van der Waals surface area contributed by atoms with Crippen LogP contribution in [0.3, 0.4) is 0 Å². The number of ether oxygens (including phenoxy) is 1. The van der Waals surface area contributed by atoms with Gasteiger partial charge in [-0.2, -0.15) is 0 Å². The van der Waals surface area contributed by atoms with Crippen LogP contribution in [0.4, 0.5) is 8.78 Å². The molecule has 10 heteroatoms. The molecule has 0 unspecified atom stereocenters. The van der Waals surface area contributed by atoms with Gasteiger partial charge in [0.2, 0.25) is 0 Å². The van der Waals surface area contributed by atoms with Crippen molar-refractivity contribution in [3.63, 3.8) is 0 Å². The monoisotopic (exact) mass is 666 g/mol. The molecular formula is C38H36F2N4O3S. The topological polar surface area (TPSA) is 90.1 Å². The summed E-state index contributed by atoms with van der Waals surface area (Å²) < 4.78 is 35.2. The Hall–Kier alpha value is -4.83. The third-order valence-electron chi connectivity index (χ3n) is 7.94. The van der Waals surface area contributed by atoms with E-state index in [4.69, 9.17) is 9.72 Å². The van der Waals surface area contributed by atoms with Crippen molar-refractivity contribution in [1.29, 1.82) is 0 Å². The Kier molecular flexibility index (Phi) is 8.96. The molecule has 0 aliphatic carbocycles. The molecule has 0 saturated heterocycles. The fourth-order valence-corrected chi connectivity index (χ4v) is 6.62. The quantitative estimate of drug-likeness (QED) is 0.146. The van der Waals surface area contributed by atoms with E-state index >= 15 is 0 Å². The molecule has 4 aromatic heterocycles. The van der Waals surface area contributed by atoms with Crippen LogP contribution < -0.4 is 4.74 Å². The van der Waals surface area contributed by atoms with Gasteiger partial charge in [0.15, 0.2) is 0 Å². The summed E-state index contributed by atoms with van der Waals surface area (Å²) in [5, 5.41) is 11.7. The van der Waals surface area contributed by atoms with Crippen LogP contribution in [0.25, 0.3) is 33.2 Å². The lowest BCUT2D eigenvalue weighted by molar-refractivity contribution is -0.146. The van der Waals surface area contributed by atoms with Crippen LogP contribution in [0.15, 0.2) is 90.1 Å². The molecule has 6 rings (SSSR count). The first-order valence-electron chi connectivity index (χ1n) is 15.6. The number of aliphatic carboxylic acids is 1. The zero-order valence-corrected chi connectivity index (χ0v) is 28.2. The number of halogens is 2. The normalized spacial score (nSPS) is 12.1. The molecule has 0 saturated carbocycles. The van der Waals surface area contributed by atoms with E-state index in [0.29, 0.717) is 34.6 Å². The van der Waals surface area contributed by atoms with Crippen LogP contribution in [0.1, 0.15) is 51.6 Å². The Balaban J connectivity index is 1.39. The molecule has 0 amide bonds. The number of carboxylic acid groups (broad SMARTS) is 1. The molecule has 7 nitrogen and oxygen atoms in total. The summed E-state index contributed by atoms with van der Waals surface area (Å²) in [7, 11) is 0. The van der Waals surface area contributed by atoms with Crippen LogP contribution >= 0.6 is 11.8 Å². The average molecular weight is 667 g/mol. The first-order chi connectivity index (χ1) is 22.8. The Morgan fingerprint density at radius 3 is 2.33 bits per heavy atom. The summed E-state index contributed by atoms with van der Waals surface area (Å²) in [6.07, 6.45) is 3.16. The standard InChI is InChI=1S/C38H36F2N4O3S/c1-37(2,3)48-34-30-17-29(47-22-28-13-10-25-16-26(39)11-15-32(25)43-28)20-42-35(30)44(33(34)18-38(4,5)36(45)46)21-23-6-8-24(9-7-23)31-14-12-27(40)19-41-31/h6-17,19-20H,18,21-22H2,1-5H3,(H,45,46). The van der Waals surface area contributed by atoms with Crippen molar-refractivity contribution in [2.24, 2.45) is 5.41 Å². The summed E-state index contributed by atoms with van der Waals surface area (Å²) in [6.45, 7) is 10.5. The highest BCUT2D eigenvalue weighted by atomic mass is 32.2. The number of benzene rings is 2. The molecule has 0 aliphatic heterocycles. The minimum Gasteiger partial charge on any atom is -0.486 e. The Morgan fingerprint density at radius 1 is 0.896 bits per heavy atom. The Morgan fingerprint density at radius 2 is 1.65 bits per heavy atom. The first kappa shape index (κ1) is 33.1. The van der Waals surface area contributed by atoms with Gasteiger partial charge in [-0.25, -0.2) is 18.7 Å². The highest BCUT2D eigenvalue weighted by molar-refractivity contribution is 8.00.